The number of sulfonamides is 1. The Morgan fingerprint density at radius 3 is 2.47 bits per heavy atom. The molecule has 4 rings (SSSR count). The molecule has 7 nitrogen and oxygen atoms in total. The first-order valence-electron chi connectivity index (χ1n) is 9.81. The summed E-state index contributed by atoms with van der Waals surface area (Å²) in [5.41, 5.74) is 0.903. The third-order valence-corrected chi connectivity index (χ3v) is 7.31. The van der Waals surface area contributed by atoms with E-state index >= 15 is 0 Å². The van der Waals surface area contributed by atoms with E-state index in [0.717, 1.165) is 0 Å². The molecule has 9 heteroatoms. The molecule has 2 aliphatic rings. The molecule has 0 radical (unpaired) electrons. The highest BCUT2D eigenvalue weighted by molar-refractivity contribution is 7.89. The zero-order chi connectivity index (χ0) is 21.3. The molecule has 0 atom stereocenters. The molecule has 30 heavy (non-hydrogen) atoms. The van der Waals surface area contributed by atoms with Crippen LogP contribution < -0.4 is 14.8 Å². The third-order valence-electron chi connectivity index (χ3n) is 5.42. The monoisotopic (exact) mass is 434 g/mol. The number of benzene rings is 2. The average Bonchev–Trinajstić information content (AvgIpc) is 2.76. The van der Waals surface area contributed by atoms with Crippen LogP contribution in [0.2, 0.25) is 0 Å². The van der Waals surface area contributed by atoms with Gasteiger partial charge in [-0.3, -0.25) is 4.79 Å². The lowest BCUT2D eigenvalue weighted by Gasteiger charge is -2.30. The molecule has 0 saturated carbocycles. The van der Waals surface area contributed by atoms with Crippen LogP contribution in [0, 0.1) is 18.7 Å². The van der Waals surface area contributed by atoms with Gasteiger partial charge in [-0.15, -0.1) is 0 Å². The van der Waals surface area contributed by atoms with Gasteiger partial charge in [-0.2, -0.15) is 4.31 Å². The van der Waals surface area contributed by atoms with Gasteiger partial charge in [0.1, 0.15) is 19.0 Å². The van der Waals surface area contributed by atoms with Gasteiger partial charge < -0.3 is 14.8 Å². The number of aryl methyl sites for hydroxylation is 1. The van der Waals surface area contributed by atoms with Crippen LogP contribution in [-0.2, 0) is 14.8 Å². The minimum atomic E-state index is -3.70. The highest BCUT2D eigenvalue weighted by Gasteiger charge is 2.33. The molecule has 0 aromatic heterocycles. The number of fused-ring (bicyclic) bond motifs is 1. The molecule has 2 aliphatic heterocycles. The van der Waals surface area contributed by atoms with Crippen molar-refractivity contribution in [2.45, 2.75) is 24.7 Å². The van der Waals surface area contributed by atoms with Gasteiger partial charge in [-0.05, 0) is 49.6 Å². The first kappa shape index (κ1) is 20.6. The molecule has 0 aliphatic carbocycles. The summed E-state index contributed by atoms with van der Waals surface area (Å²) in [6.45, 7) is 2.93. The molecular formula is C21H23FN2O5S. The van der Waals surface area contributed by atoms with E-state index in [1.165, 1.54) is 22.5 Å². The minimum absolute atomic E-state index is 0.143. The first-order valence-corrected chi connectivity index (χ1v) is 11.3. The highest BCUT2D eigenvalue weighted by Crippen LogP contribution is 2.34. The molecule has 160 valence electrons. The number of rotatable bonds is 4. The fourth-order valence-corrected chi connectivity index (χ4v) is 5.09. The Kier molecular flexibility index (Phi) is 5.66. The number of ether oxygens (including phenoxy) is 2. The number of carbonyl (C=O) groups is 1. The second-order valence-electron chi connectivity index (χ2n) is 7.44. The summed E-state index contributed by atoms with van der Waals surface area (Å²) in [5, 5.41) is 2.72. The third kappa shape index (κ3) is 4.13. The smallest absolute Gasteiger partial charge is 0.243 e. The van der Waals surface area contributed by atoms with E-state index < -0.39 is 10.0 Å². The minimum Gasteiger partial charge on any atom is -0.486 e. The Balaban J connectivity index is 1.39. The number of nitrogens with one attached hydrogen (secondary N) is 1. The number of piperidine rings is 1. The summed E-state index contributed by atoms with van der Waals surface area (Å²) >= 11 is 0. The van der Waals surface area contributed by atoms with Crippen molar-refractivity contribution in [3.8, 4) is 11.5 Å². The molecular weight excluding hydrogens is 411 g/mol. The summed E-state index contributed by atoms with van der Waals surface area (Å²) in [6.07, 6.45) is 0.786. The summed E-state index contributed by atoms with van der Waals surface area (Å²) in [7, 11) is -3.70. The van der Waals surface area contributed by atoms with Crippen LogP contribution >= 0.6 is 0 Å². The maximum absolute atomic E-state index is 13.7. The van der Waals surface area contributed by atoms with Gasteiger partial charge in [-0.25, -0.2) is 12.8 Å². The SMILES string of the molecule is Cc1ccc(NC(=O)C2CCN(S(=O)(=O)c3ccc4c(c3)OCCO4)CC2)cc1F. The fourth-order valence-electron chi connectivity index (χ4n) is 3.61. The van der Waals surface area contributed by atoms with Crippen LogP contribution in [0.3, 0.4) is 0 Å². The second kappa shape index (κ2) is 8.23. The molecule has 1 fully saturated rings. The summed E-state index contributed by atoms with van der Waals surface area (Å²) < 4.78 is 52.0. The molecule has 1 saturated heterocycles. The predicted octanol–water partition coefficient (Wildman–Crippen LogP) is 2.94. The number of carbonyl (C=O) groups excluding carboxylic acids is 1. The van der Waals surface area contributed by atoms with Gasteiger partial charge in [0.2, 0.25) is 15.9 Å². The van der Waals surface area contributed by atoms with Crippen molar-refractivity contribution in [1.29, 1.82) is 0 Å². The van der Waals surface area contributed by atoms with Gasteiger partial charge in [-0.1, -0.05) is 6.07 Å². The number of anilines is 1. The van der Waals surface area contributed by atoms with Crippen molar-refractivity contribution in [2.24, 2.45) is 5.92 Å². The Morgan fingerprint density at radius 1 is 1.07 bits per heavy atom. The molecule has 1 N–H and O–H groups in total. The molecule has 0 spiro atoms. The van der Waals surface area contributed by atoms with Crippen LogP contribution in [0.4, 0.5) is 10.1 Å². The van der Waals surface area contributed by atoms with Crippen molar-refractivity contribution >= 4 is 21.6 Å². The Hall–Kier alpha value is -2.65. The summed E-state index contributed by atoms with van der Waals surface area (Å²) in [6, 6.07) is 9.13. The fraction of sp³-hybridized carbons (Fsp3) is 0.381. The van der Waals surface area contributed by atoms with Crippen LogP contribution in [0.1, 0.15) is 18.4 Å². The normalized spacial score (nSPS) is 17.5. The number of amides is 1. The largest absolute Gasteiger partial charge is 0.486 e. The Bertz CT molecular complexity index is 1070. The number of hydrogen-bond acceptors (Lipinski definition) is 5. The topological polar surface area (TPSA) is 84.9 Å². The maximum Gasteiger partial charge on any atom is 0.243 e. The van der Waals surface area contributed by atoms with E-state index in [1.807, 2.05) is 0 Å². The Labute approximate surface area is 174 Å². The van der Waals surface area contributed by atoms with Gasteiger partial charge in [0.15, 0.2) is 11.5 Å². The Morgan fingerprint density at radius 2 is 1.77 bits per heavy atom. The quantitative estimate of drug-likeness (QED) is 0.800. The van der Waals surface area contributed by atoms with E-state index in [1.54, 1.807) is 25.1 Å². The van der Waals surface area contributed by atoms with E-state index in [4.69, 9.17) is 9.47 Å². The maximum atomic E-state index is 13.7. The van der Waals surface area contributed by atoms with Crippen LogP contribution in [0.25, 0.3) is 0 Å². The lowest BCUT2D eigenvalue weighted by atomic mass is 9.97. The van der Waals surface area contributed by atoms with Gasteiger partial charge in [0.25, 0.3) is 0 Å². The molecule has 2 aromatic rings. The van der Waals surface area contributed by atoms with E-state index in [9.17, 15) is 17.6 Å². The summed E-state index contributed by atoms with van der Waals surface area (Å²) in [5.74, 6) is 0.00823. The number of halogens is 1. The molecule has 2 heterocycles. The number of hydrogen-bond donors (Lipinski definition) is 1. The zero-order valence-electron chi connectivity index (χ0n) is 16.6. The van der Waals surface area contributed by atoms with Gasteiger partial charge in [0.05, 0.1) is 4.90 Å². The molecule has 1 amide bonds. The second-order valence-corrected chi connectivity index (χ2v) is 9.37. The average molecular weight is 434 g/mol. The highest BCUT2D eigenvalue weighted by atomic mass is 32.2. The molecule has 0 bridgehead atoms. The summed E-state index contributed by atoms with van der Waals surface area (Å²) in [4.78, 5) is 12.7. The molecule has 0 unspecified atom stereocenters. The molecule has 2 aromatic carbocycles. The van der Waals surface area contributed by atoms with E-state index in [-0.39, 0.29) is 35.6 Å². The van der Waals surface area contributed by atoms with E-state index in [2.05, 4.69) is 5.32 Å². The van der Waals surface area contributed by atoms with Crippen molar-refractivity contribution < 1.29 is 27.1 Å². The van der Waals surface area contributed by atoms with Crippen LogP contribution in [-0.4, -0.2) is 44.9 Å². The van der Waals surface area contributed by atoms with Gasteiger partial charge >= 0.3 is 0 Å². The first-order chi connectivity index (χ1) is 14.3. The lowest BCUT2D eigenvalue weighted by Crippen LogP contribution is -2.41. The van der Waals surface area contributed by atoms with Crippen molar-refractivity contribution in [3.63, 3.8) is 0 Å². The zero-order valence-corrected chi connectivity index (χ0v) is 17.4. The van der Waals surface area contributed by atoms with Crippen LogP contribution in [0.15, 0.2) is 41.3 Å². The van der Waals surface area contributed by atoms with Crippen LogP contribution in [0.5, 0.6) is 11.5 Å². The van der Waals surface area contributed by atoms with Crippen molar-refractivity contribution in [3.05, 3.63) is 47.8 Å². The van der Waals surface area contributed by atoms with Crippen molar-refractivity contribution in [1.82, 2.24) is 4.31 Å². The predicted molar refractivity (Wildman–Crippen MR) is 109 cm³/mol. The standard InChI is InChI=1S/C21H23FN2O5S/c1-14-2-3-16(12-18(14)22)23-21(25)15-6-8-24(9-7-15)30(26,27)17-4-5-19-20(13-17)29-11-10-28-19/h2-5,12-13,15H,6-11H2,1H3,(H,23,25). The van der Waals surface area contributed by atoms with Crippen molar-refractivity contribution in [2.75, 3.05) is 31.6 Å². The van der Waals surface area contributed by atoms with E-state index in [0.29, 0.717) is 48.8 Å². The number of nitrogens with zero attached hydrogens (tertiary/aromatic N) is 1. The lowest BCUT2D eigenvalue weighted by molar-refractivity contribution is -0.120. The van der Waals surface area contributed by atoms with Gasteiger partial charge in [0, 0.05) is 30.8 Å².